The van der Waals surface area contributed by atoms with E-state index in [0.717, 1.165) is 29.4 Å². The number of carboxylic acid groups (broad SMARTS) is 1. The van der Waals surface area contributed by atoms with Gasteiger partial charge in [0.1, 0.15) is 23.4 Å². The first-order chi connectivity index (χ1) is 21.2. The van der Waals surface area contributed by atoms with Gasteiger partial charge in [0.25, 0.3) is 5.91 Å². The Hall–Kier alpha value is -4.79. The number of hydrogen-bond donors (Lipinski definition) is 2. The van der Waals surface area contributed by atoms with Crippen molar-refractivity contribution >= 4 is 30.0 Å². The van der Waals surface area contributed by atoms with Crippen molar-refractivity contribution in [1.82, 2.24) is 5.32 Å². The summed E-state index contributed by atoms with van der Waals surface area (Å²) < 4.78 is 25.1. The number of unbranched alkanes of at least 4 members (excludes halogenated alkanes) is 4. The minimum Gasteiger partial charge on any atom is -0.497 e. The summed E-state index contributed by atoms with van der Waals surface area (Å²) >= 11 is 0. The van der Waals surface area contributed by atoms with E-state index in [1.807, 2.05) is 31.2 Å². The molecule has 0 aromatic heterocycles. The molecule has 0 aliphatic rings. The first-order valence-electron chi connectivity index (χ1n) is 14.7. The number of benzene rings is 3. The van der Waals surface area contributed by atoms with Crippen LogP contribution in [0.25, 0.3) is 5.57 Å². The van der Waals surface area contributed by atoms with Crippen LogP contribution in [-0.2, 0) is 11.2 Å². The van der Waals surface area contributed by atoms with Gasteiger partial charge in [-0.15, -0.1) is 0 Å². The number of amides is 1. The highest BCUT2D eigenvalue weighted by molar-refractivity contribution is 6.02. The molecular weight excluding hydrogens is 561 g/mol. The Bertz CT molecular complexity index is 1470. The summed E-state index contributed by atoms with van der Waals surface area (Å²) in [6.45, 7) is 8.50. The molecule has 0 heterocycles. The molecule has 3 aromatic carbocycles. The number of nitrogens with zero attached hydrogens (tertiary/aromatic N) is 2. The Labute approximate surface area is 258 Å². The molecule has 0 aliphatic heterocycles. The molecule has 0 fully saturated rings. The molecule has 0 saturated heterocycles. The molecule has 8 nitrogen and oxygen atoms in total. The Morgan fingerprint density at radius 3 is 2.25 bits per heavy atom. The van der Waals surface area contributed by atoms with Crippen LogP contribution >= 0.6 is 0 Å². The van der Waals surface area contributed by atoms with Crippen LogP contribution in [0.15, 0.2) is 82.9 Å². The van der Waals surface area contributed by atoms with Crippen molar-refractivity contribution in [2.45, 2.75) is 58.4 Å². The van der Waals surface area contributed by atoms with Crippen LogP contribution in [0.3, 0.4) is 0 Å². The third kappa shape index (κ3) is 10.2. The summed E-state index contributed by atoms with van der Waals surface area (Å²) in [6, 6.07) is 17.3. The Morgan fingerprint density at radius 2 is 1.64 bits per heavy atom. The Morgan fingerprint density at radius 1 is 0.977 bits per heavy atom. The SMILES string of the molecule is C=NC(=N/C=C(\C)c1ccc(OCCCCCCC)cc1)c1ccc(C[C@H](NC(=O)c2ccc(OC)cc2F)C(=O)O)cc1. The monoisotopic (exact) mass is 601 g/mol. The van der Waals surface area contributed by atoms with Crippen LogP contribution in [-0.4, -0.2) is 49.3 Å². The van der Waals surface area contributed by atoms with Gasteiger partial charge in [-0.05, 0) is 61.0 Å². The minimum absolute atomic E-state index is 0.00923. The largest absolute Gasteiger partial charge is 0.497 e. The number of amidine groups is 1. The van der Waals surface area contributed by atoms with Crippen LogP contribution in [0, 0.1) is 5.82 Å². The first-order valence-corrected chi connectivity index (χ1v) is 14.7. The van der Waals surface area contributed by atoms with E-state index in [1.165, 1.54) is 44.9 Å². The van der Waals surface area contributed by atoms with E-state index >= 15 is 0 Å². The number of ether oxygens (including phenoxy) is 2. The Balaban J connectivity index is 1.61. The van der Waals surface area contributed by atoms with E-state index in [1.54, 1.807) is 30.5 Å². The lowest BCUT2D eigenvalue weighted by molar-refractivity contribution is -0.139. The number of hydrogen-bond acceptors (Lipinski definition) is 5. The van der Waals surface area contributed by atoms with Gasteiger partial charge >= 0.3 is 5.97 Å². The number of nitrogens with one attached hydrogen (secondary N) is 1. The fourth-order valence-electron chi connectivity index (χ4n) is 4.42. The van der Waals surface area contributed by atoms with Gasteiger partial charge in [-0.1, -0.05) is 69.0 Å². The zero-order valence-corrected chi connectivity index (χ0v) is 25.5. The highest BCUT2D eigenvalue weighted by Crippen LogP contribution is 2.20. The molecular formula is C35H40FN3O5. The standard InChI is InChI=1S/C35H40FN3O5/c1-5-6-7-8-9-20-44-28-16-14-26(15-17-28)24(2)23-38-33(37-3)27-12-10-25(11-13-27)21-32(35(41)42)39-34(40)30-19-18-29(43-4)22-31(30)36/h10-19,22-23,32H,3,5-9,20-21H2,1-2,4H3,(H,39,40)(H,41,42)/b24-23+,38-33?/t32-/m0/s1. The molecule has 0 aliphatic carbocycles. The van der Waals surface area contributed by atoms with Crippen molar-refractivity contribution in [1.29, 1.82) is 0 Å². The number of carboxylic acids is 1. The number of allylic oxidation sites excluding steroid dienone is 1. The zero-order valence-electron chi connectivity index (χ0n) is 25.5. The summed E-state index contributed by atoms with van der Waals surface area (Å²) in [5.41, 5.74) is 2.99. The molecule has 232 valence electrons. The quantitative estimate of drug-likeness (QED) is 0.103. The first kappa shape index (κ1) is 33.7. The van der Waals surface area contributed by atoms with Crippen LogP contribution in [0.4, 0.5) is 4.39 Å². The van der Waals surface area contributed by atoms with E-state index < -0.39 is 23.7 Å². The maximum atomic E-state index is 14.3. The fraction of sp³-hybridized carbons (Fsp3) is 0.314. The summed E-state index contributed by atoms with van der Waals surface area (Å²) in [6.07, 6.45) is 7.68. The van der Waals surface area contributed by atoms with Gasteiger partial charge in [0.2, 0.25) is 0 Å². The molecule has 0 radical (unpaired) electrons. The zero-order chi connectivity index (χ0) is 31.9. The van der Waals surface area contributed by atoms with Crippen molar-refractivity contribution in [2.75, 3.05) is 13.7 Å². The minimum atomic E-state index is -1.27. The lowest BCUT2D eigenvalue weighted by Gasteiger charge is -2.15. The number of halogens is 1. The van der Waals surface area contributed by atoms with Gasteiger partial charge in [0, 0.05) is 24.3 Å². The molecule has 0 unspecified atom stereocenters. The molecule has 9 heteroatoms. The van der Waals surface area contributed by atoms with Crippen molar-refractivity contribution in [2.24, 2.45) is 9.98 Å². The molecule has 0 saturated carbocycles. The summed E-state index contributed by atoms with van der Waals surface area (Å²) in [7, 11) is 1.38. The molecule has 1 amide bonds. The van der Waals surface area contributed by atoms with E-state index in [9.17, 15) is 19.1 Å². The predicted octanol–water partition coefficient (Wildman–Crippen LogP) is 7.12. The van der Waals surface area contributed by atoms with E-state index in [2.05, 4.69) is 28.9 Å². The number of aliphatic imine (C=N–C) groups is 2. The van der Waals surface area contributed by atoms with E-state index in [-0.39, 0.29) is 17.7 Å². The number of methoxy groups -OCH3 is 1. The molecule has 3 aromatic rings. The normalized spacial score (nSPS) is 12.4. The highest BCUT2D eigenvalue weighted by Gasteiger charge is 2.23. The van der Waals surface area contributed by atoms with Crippen LogP contribution in [0.5, 0.6) is 11.5 Å². The summed E-state index contributed by atoms with van der Waals surface area (Å²) in [5.74, 6) is -1.39. The smallest absolute Gasteiger partial charge is 0.326 e. The van der Waals surface area contributed by atoms with Crippen LogP contribution < -0.4 is 14.8 Å². The second-order valence-corrected chi connectivity index (χ2v) is 10.3. The number of carbonyl (C=O) groups excluding carboxylic acids is 1. The predicted molar refractivity (Wildman–Crippen MR) is 172 cm³/mol. The highest BCUT2D eigenvalue weighted by atomic mass is 19.1. The summed E-state index contributed by atoms with van der Waals surface area (Å²) in [5, 5.41) is 12.1. The maximum absolute atomic E-state index is 14.3. The molecule has 0 bridgehead atoms. The van der Waals surface area contributed by atoms with Gasteiger partial charge in [-0.2, -0.15) is 0 Å². The van der Waals surface area contributed by atoms with Crippen molar-refractivity contribution in [3.63, 3.8) is 0 Å². The van der Waals surface area contributed by atoms with Crippen molar-refractivity contribution < 1.29 is 28.6 Å². The van der Waals surface area contributed by atoms with Gasteiger partial charge in [-0.25, -0.2) is 19.2 Å². The third-order valence-electron chi connectivity index (χ3n) is 7.03. The van der Waals surface area contributed by atoms with Gasteiger partial charge in [-0.3, -0.25) is 4.79 Å². The maximum Gasteiger partial charge on any atom is 0.326 e. The Kier molecular flexibility index (Phi) is 13.3. The van der Waals surface area contributed by atoms with E-state index in [0.29, 0.717) is 23.6 Å². The molecule has 3 rings (SSSR count). The van der Waals surface area contributed by atoms with E-state index in [4.69, 9.17) is 9.47 Å². The van der Waals surface area contributed by atoms with Crippen LogP contribution in [0.2, 0.25) is 0 Å². The number of rotatable bonds is 16. The number of carbonyl (C=O) groups is 2. The lowest BCUT2D eigenvalue weighted by Crippen LogP contribution is -2.42. The van der Waals surface area contributed by atoms with Crippen molar-refractivity contribution in [3.8, 4) is 11.5 Å². The van der Waals surface area contributed by atoms with Gasteiger partial charge in [0.15, 0.2) is 5.84 Å². The van der Waals surface area contributed by atoms with Crippen molar-refractivity contribution in [3.05, 3.63) is 101 Å². The average molecular weight is 602 g/mol. The van der Waals surface area contributed by atoms with Gasteiger partial charge < -0.3 is 19.9 Å². The molecule has 1 atom stereocenters. The average Bonchev–Trinajstić information content (AvgIpc) is 3.03. The second kappa shape index (κ2) is 17.4. The second-order valence-electron chi connectivity index (χ2n) is 10.3. The molecule has 0 spiro atoms. The topological polar surface area (TPSA) is 110 Å². The third-order valence-corrected chi connectivity index (χ3v) is 7.03. The fourth-order valence-corrected chi connectivity index (χ4v) is 4.42. The molecule has 2 N–H and O–H groups in total. The summed E-state index contributed by atoms with van der Waals surface area (Å²) in [4.78, 5) is 33.0. The lowest BCUT2D eigenvalue weighted by atomic mass is 10.0. The van der Waals surface area contributed by atoms with Crippen LogP contribution in [0.1, 0.15) is 73.0 Å². The number of aliphatic carboxylic acids is 1. The van der Waals surface area contributed by atoms with Gasteiger partial charge in [0.05, 0.1) is 19.3 Å². The molecule has 44 heavy (non-hydrogen) atoms.